The first kappa shape index (κ1) is 13.3. The predicted molar refractivity (Wildman–Crippen MR) is 72.3 cm³/mol. The van der Waals surface area contributed by atoms with Gasteiger partial charge in [0, 0.05) is 4.90 Å². The fourth-order valence-corrected chi connectivity index (χ4v) is 2.45. The topological polar surface area (TPSA) is 35.5 Å². The van der Waals surface area contributed by atoms with Gasteiger partial charge in [-0.1, -0.05) is 0 Å². The van der Waals surface area contributed by atoms with Crippen molar-refractivity contribution in [3.05, 3.63) is 23.8 Å². The van der Waals surface area contributed by atoms with Crippen molar-refractivity contribution in [2.75, 3.05) is 6.61 Å². The van der Waals surface area contributed by atoms with Crippen LogP contribution >= 0.6 is 12.6 Å². The van der Waals surface area contributed by atoms with E-state index in [1.165, 1.54) is 0 Å². The molecule has 1 aromatic rings. The van der Waals surface area contributed by atoms with E-state index in [-0.39, 0.29) is 5.97 Å². The van der Waals surface area contributed by atoms with Crippen molar-refractivity contribution in [1.82, 2.24) is 0 Å². The van der Waals surface area contributed by atoms with E-state index in [2.05, 4.69) is 12.6 Å². The van der Waals surface area contributed by atoms with E-state index in [4.69, 9.17) is 9.47 Å². The highest BCUT2D eigenvalue weighted by atomic mass is 32.1. The van der Waals surface area contributed by atoms with Crippen molar-refractivity contribution in [3.63, 3.8) is 0 Å². The molecule has 1 aliphatic rings. The van der Waals surface area contributed by atoms with E-state index in [0.717, 1.165) is 29.1 Å². The summed E-state index contributed by atoms with van der Waals surface area (Å²) in [5.41, 5.74) is 0.695. The Labute approximate surface area is 113 Å². The second kappa shape index (κ2) is 5.22. The minimum atomic E-state index is -0.461. The van der Waals surface area contributed by atoms with E-state index in [0.29, 0.717) is 13.0 Å². The summed E-state index contributed by atoms with van der Waals surface area (Å²) < 4.78 is 10.9. The number of rotatable bonds is 3. The standard InChI is InChI=1S/C14H18O3S/c1-3-16-13(15)9-14(2)7-6-10-8-11(18)4-5-12(10)17-14/h4-5,8,18H,3,6-7,9H2,1-2H3. The zero-order chi connectivity index (χ0) is 13.2. The third kappa shape index (κ3) is 2.99. The highest BCUT2D eigenvalue weighted by molar-refractivity contribution is 7.80. The summed E-state index contributed by atoms with van der Waals surface area (Å²) in [6.07, 6.45) is 2.01. The highest BCUT2D eigenvalue weighted by Gasteiger charge is 2.34. The molecule has 98 valence electrons. The second-order valence-electron chi connectivity index (χ2n) is 4.83. The van der Waals surface area contributed by atoms with Crippen LogP contribution in [0.5, 0.6) is 5.75 Å². The zero-order valence-corrected chi connectivity index (χ0v) is 11.6. The smallest absolute Gasteiger partial charge is 0.309 e. The van der Waals surface area contributed by atoms with Crippen LogP contribution in [0, 0.1) is 0 Å². The van der Waals surface area contributed by atoms with Gasteiger partial charge in [-0.05, 0) is 50.5 Å². The van der Waals surface area contributed by atoms with Gasteiger partial charge < -0.3 is 9.47 Å². The molecule has 1 aliphatic heterocycles. The number of hydrogen-bond acceptors (Lipinski definition) is 4. The van der Waals surface area contributed by atoms with Gasteiger partial charge in [0.05, 0.1) is 13.0 Å². The summed E-state index contributed by atoms with van der Waals surface area (Å²) in [4.78, 5) is 12.5. The molecular weight excluding hydrogens is 248 g/mol. The maximum Gasteiger partial charge on any atom is 0.309 e. The molecule has 18 heavy (non-hydrogen) atoms. The first-order valence-corrected chi connectivity index (χ1v) is 6.64. The molecule has 0 aromatic heterocycles. The van der Waals surface area contributed by atoms with E-state index < -0.39 is 5.60 Å². The number of esters is 1. The Balaban J connectivity index is 2.10. The third-order valence-corrected chi connectivity index (χ3v) is 3.43. The largest absolute Gasteiger partial charge is 0.487 e. The number of carbonyl (C=O) groups is 1. The van der Waals surface area contributed by atoms with Gasteiger partial charge in [0.25, 0.3) is 0 Å². The number of ether oxygens (including phenoxy) is 2. The predicted octanol–water partition coefficient (Wildman–Crippen LogP) is 3.01. The lowest BCUT2D eigenvalue weighted by molar-refractivity contribution is -0.147. The lowest BCUT2D eigenvalue weighted by Crippen LogP contribution is -2.39. The molecule has 0 bridgehead atoms. The number of aryl methyl sites for hydroxylation is 1. The van der Waals surface area contributed by atoms with Crippen molar-refractivity contribution in [2.45, 2.75) is 43.6 Å². The zero-order valence-electron chi connectivity index (χ0n) is 10.7. The minimum Gasteiger partial charge on any atom is -0.487 e. The van der Waals surface area contributed by atoms with E-state index in [1.807, 2.05) is 32.0 Å². The summed E-state index contributed by atoms with van der Waals surface area (Å²) in [6.45, 7) is 4.18. The second-order valence-corrected chi connectivity index (χ2v) is 5.34. The van der Waals surface area contributed by atoms with Crippen LogP contribution in [-0.4, -0.2) is 18.2 Å². The fourth-order valence-electron chi connectivity index (χ4n) is 2.22. The van der Waals surface area contributed by atoms with Gasteiger partial charge in [-0.3, -0.25) is 4.79 Å². The molecule has 1 atom stereocenters. The lowest BCUT2D eigenvalue weighted by atomic mass is 9.90. The Kier molecular flexibility index (Phi) is 3.85. The number of hydrogen-bond donors (Lipinski definition) is 1. The van der Waals surface area contributed by atoms with E-state index in [1.54, 1.807) is 0 Å². The molecule has 0 N–H and O–H groups in total. The average Bonchev–Trinajstić information content (AvgIpc) is 2.29. The van der Waals surface area contributed by atoms with Crippen molar-refractivity contribution < 1.29 is 14.3 Å². The Morgan fingerprint density at radius 3 is 3.06 bits per heavy atom. The molecule has 1 unspecified atom stereocenters. The Morgan fingerprint density at radius 2 is 2.33 bits per heavy atom. The van der Waals surface area contributed by atoms with Gasteiger partial charge in [-0.25, -0.2) is 0 Å². The van der Waals surface area contributed by atoms with Gasteiger partial charge in [0.1, 0.15) is 11.4 Å². The molecule has 0 saturated carbocycles. The molecule has 1 heterocycles. The molecule has 0 saturated heterocycles. The first-order chi connectivity index (χ1) is 8.52. The van der Waals surface area contributed by atoms with Gasteiger partial charge >= 0.3 is 5.97 Å². The SMILES string of the molecule is CCOC(=O)CC1(C)CCc2cc(S)ccc2O1. The van der Waals surface area contributed by atoms with Gasteiger partial charge in [0.15, 0.2) is 0 Å². The highest BCUT2D eigenvalue weighted by Crippen LogP contribution is 2.36. The number of fused-ring (bicyclic) bond motifs is 1. The summed E-state index contributed by atoms with van der Waals surface area (Å²) in [5, 5.41) is 0. The maximum atomic E-state index is 11.6. The average molecular weight is 266 g/mol. The van der Waals surface area contributed by atoms with Crippen LogP contribution in [0.4, 0.5) is 0 Å². The summed E-state index contributed by atoms with van der Waals surface area (Å²) >= 11 is 4.32. The van der Waals surface area contributed by atoms with Crippen LogP contribution < -0.4 is 4.74 Å². The molecule has 0 amide bonds. The lowest BCUT2D eigenvalue weighted by Gasteiger charge is -2.35. The monoisotopic (exact) mass is 266 g/mol. The van der Waals surface area contributed by atoms with Crippen molar-refractivity contribution in [1.29, 1.82) is 0 Å². The molecule has 1 aromatic carbocycles. The third-order valence-electron chi connectivity index (χ3n) is 3.15. The van der Waals surface area contributed by atoms with Crippen molar-refractivity contribution >= 4 is 18.6 Å². The minimum absolute atomic E-state index is 0.200. The van der Waals surface area contributed by atoms with Crippen LogP contribution in [0.25, 0.3) is 0 Å². The van der Waals surface area contributed by atoms with Gasteiger partial charge in [0.2, 0.25) is 0 Å². The Bertz CT molecular complexity index is 458. The molecule has 3 nitrogen and oxygen atoms in total. The van der Waals surface area contributed by atoms with Crippen LogP contribution in [0.2, 0.25) is 0 Å². The van der Waals surface area contributed by atoms with Crippen molar-refractivity contribution in [3.8, 4) is 5.75 Å². The number of carbonyl (C=O) groups excluding carboxylic acids is 1. The van der Waals surface area contributed by atoms with Crippen LogP contribution in [0.3, 0.4) is 0 Å². The van der Waals surface area contributed by atoms with Crippen LogP contribution in [-0.2, 0) is 16.0 Å². The van der Waals surface area contributed by atoms with Gasteiger partial charge in [-0.2, -0.15) is 0 Å². The molecule has 4 heteroatoms. The summed E-state index contributed by atoms with van der Waals surface area (Å²) in [5.74, 6) is 0.653. The fraction of sp³-hybridized carbons (Fsp3) is 0.500. The number of thiol groups is 1. The molecule has 0 fully saturated rings. The molecule has 0 spiro atoms. The Morgan fingerprint density at radius 1 is 1.56 bits per heavy atom. The molecule has 0 radical (unpaired) electrons. The summed E-state index contributed by atoms with van der Waals surface area (Å²) in [7, 11) is 0. The van der Waals surface area contributed by atoms with Gasteiger partial charge in [-0.15, -0.1) is 12.6 Å². The normalized spacial score (nSPS) is 21.9. The van der Waals surface area contributed by atoms with Crippen LogP contribution in [0.1, 0.15) is 32.3 Å². The quantitative estimate of drug-likeness (QED) is 0.675. The maximum absolute atomic E-state index is 11.6. The summed E-state index contributed by atoms with van der Waals surface area (Å²) in [6, 6.07) is 5.83. The molecule has 0 aliphatic carbocycles. The Hall–Kier alpha value is -1.16. The van der Waals surface area contributed by atoms with E-state index in [9.17, 15) is 4.79 Å². The first-order valence-electron chi connectivity index (χ1n) is 6.19. The van der Waals surface area contributed by atoms with Crippen LogP contribution in [0.15, 0.2) is 23.1 Å². The van der Waals surface area contributed by atoms with E-state index >= 15 is 0 Å². The molecular formula is C14H18O3S. The molecule has 2 rings (SSSR count). The van der Waals surface area contributed by atoms with Crippen molar-refractivity contribution in [2.24, 2.45) is 0 Å². The number of benzene rings is 1.